The predicted octanol–water partition coefficient (Wildman–Crippen LogP) is 4.35. The highest BCUT2D eigenvalue weighted by Crippen LogP contribution is 2.54. The number of non-ortho nitro benzene ring substituents is 1. The van der Waals surface area contributed by atoms with Gasteiger partial charge in [0.15, 0.2) is 0 Å². The molecular weight excluding hydrogens is 336 g/mol. The summed E-state index contributed by atoms with van der Waals surface area (Å²) in [5, 5.41) is 24.7. The molecule has 1 N–H and O–H groups in total. The molecule has 0 spiro atoms. The van der Waals surface area contributed by atoms with Gasteiger partial charge in [-0.15, -0.1) is 10.2 Å². The van der Waals surface area contributed by atoms with Crippen LogP contribution in [0.1, 0.15) is 32.1 Å². The van der Waals surface area contributed by atoms with Crippen LogP contribution in [0.5, 0.6) is 0 Å². The van der Waals surface area contributed by atoms with Gasteiger partial charge >= 0.3 is 0 Å². The maximum atomic E-state index is 10.8. The van der Waals surface area contributed by atoms with Gasteiger partial charge in [-0.05, 0) is 67.9 Å². The average Bonchev–Trinajstić information content (AvgIpc) is 3.06. The van der Waals surface area contributed by atoms with Crippen molar-refractivity contribution in [3.8, 4) is 10.6 Å². The van der Waals surface area contributed by atoms with Crippen LogP contribution in [0.2, 0.25) is 0 Å². The molecule has 4 aliphatic rings. The smallest absolute Gasteiger partial charge is 0.269 e. The lowest BCUT2D eigenvalue weighted by molar-refractivity contribution is -0.384. The second-order valence-corrected chi connectivity index (χ2v) is 8.79. The second kappa shape index (κ2) is 5.76. The molecule has 4 aliphatic carbocycles. The fraction of sp³-hybridized carbons (Fsp3) is 0.556. The van der Waals surface area contributed by atoms with Gasteiger partial charge in [0.25, 0.3) is 5.69 Å². The fourth-order valence-corrected chi connectivity index (χ4v) is 6.22. The van der Waals surface area contributed by atoms with E-state index in [0.717, 1.165) is 39.4 Å². The highest BCUT2D eigenvalue weighted by molar-refractivity contribution is 7.18. The minimum atomic E-state index is -0.386. The molecule has 0 unspecified atom stereocenters. The number of nitro groups is 1. The van der Waals surface area contributed by atoms with Gasteiger partial charge in [-0.25, -0.2) is 0 Å². The number of anilines is 1. The largest absolute Gasteiger partial charge is 0.357 e. The zero-order valence-corrected chi connectivity index (χ0v) is 14.6. The van der Waals surface area contributed by atoms with Crippen molar-refractivity contribution < 1.29 is 4.92 Å². The first-order valence-corrected chi connectivity index (χ1v) is 9.82. The summed E-state index contributed by atoms with van der Waals surface area (Å²) in [5.74, 6) is 3.52. The number of nitrogens with one attached hydrogen (secondary N) is 1. The summed E-state index contributed by atoms with van der Waals surface area (Å²) >= 11 is 1.54. The number of hydrogen-bond acceptors (Lipinski definition) is 6. The predicted molar refractivity (Wildman–Crippen MR) is 96.5 cm³/mol. The van der Waals surface area contributed by atoms with Crippen LogP contribution in [-0.2, 0) is 0 Å². The second-order valence-electron chi connectivity index (χ2n) is 7.82. The lowest BCUT2D eigenvalue weighted by Crippen LogP contribution is -2.51. The first-order chi connectivity index (χ1) is 12.2. The normalized spacial score (nSPS) is 32.7. The Labute approximate surface area is 149 Å². The lowest BCUT2D eigenvalue weighted by atomic mass is 9.54. The highest BCUT2D eigenvalue weighted by atomic mass is 32.1. The maximum absolute atomic E-state index is 10.8. The molecule has 6 nitrogen and oxygen atoms in total. The Morgan fingerprint density at radius 3 is 2.24 bits per heavy atom. The minimum absolute atomic E-state index is 0.0974. The molecule has 2 aromatic rings. The highest BCUT2D eigenvalue weighted by Gasteiger charge is 2.48. The van der Waals surface area contributed by atoms with Gasteiger partial charge < -0.3 is 5.32 Å². The molecule has 1 aromatic carbocycles. The van der Waals surface area contributed by atoms with Crippen molar-refractivity contribution in [2.24, 2.45) is 23.7 Å². The molecule has 130 valence electrons. The molecule has 1 aromatic heterocycles. The van der Waals surface area contributed by atoms with Crippen molar-refractivity contribution in [3.63, 3.8) is 0 Å². The van der Waals surface area contributed by atoms with Crippen LogP contribution in [0.3, 0.4) is 0 Å². The Kier molecular flexibility index (Phi) is 3.51. The van der Waals surface area contributed by atoms with E-state index >= 15 is 0 Å². The Balaban J connectivity index is 1.32. The van der Waals surface area contributed by atoms with E-state index in [4.69, 9.17) is 0 Å². The van der Waals surface area contributed by atoms with Crippen LogP contribution in [0, 0.1) is 33.8 Å². The van der Waals surface area contributed by atoms with Crippen molar-refractivity contribution in [2.75, 3.05) is 5.32 Å². The summed E-state index contributed by atoms with van der Waals surface area (Å²) in [6.45, 7) is 0. The van der Waals surface area contributed by atoms with Crippen LogP contribution in [0.15, 0.2) is 24.3 Å². The number of hydrogen-bond donors (Lipinski definition) is 1. The number of rotatable bonds is 4. The first-order valence-electron chi connectivity index (χ1n) is 9.00. The third-order valence-corrected chi connectivity index (χ3v) is 7.17. The van der Waals surface area contributed by atoms with E-state index in [2.05, 4.69) is 15.5 Å². The van der Waals surface area contributed by atoms with Crippen molar-refractivity contribution >= 4 is 22.2 Å². The van der Waals surface area contributed by atoms with Crippen LogP contribution in [0.4, 0.5) is 10.8 Å². The maximum Gasteiger partial charge on any atom is 0.269 e. The molecule has 4 saturated carbocycles. The molecule has 0 amide bonds. The molecule has 0 atom stereocenters. The topological polar surface area (TPSA) is 81.0 Å². The third kappa shape index (κ3) is 2.70. The number of aromatic nitrogens is 2. The van der Waals surface area contributed by atoms with Crippen molar-refractivity contribution in [2.45, 2.75) is 38.1 Å². The van der Waals surface area contributed by atoms with Gasteiger partial charge in [0.05, 0.1) is 4.92 Å². The minimum Gasteiger partial charge on any atom is -0.357 e. The van der Waals surface area contributed by atoms with Crippen molar-refractivity contribution in [3.05, 3.63) is 34.4 Å². The van der Waals surface area contributed by atoms with E-state index in [1.165, 1.54) is 44.2 Å². The standard InChI is InChI=1S/C18H20N4O2S/c23-22(24)15-3-1-12(2-4-15)17-20-21-18(25-17)19-16-13-6-10-5-11(8-13)9-14(16)7-10/h1-4,10-11,13-14,16H,5-9H2,(H,19,21). The van der Waals surface area contributed by atoms with Crippen molar-refractivity contribution in [1.82, 2.24) is 10.2 Å². The van der Waals surface area contributed by atoms with Gasteiger partial charge in [-0.2, -0.15) is 0 Å². The Hall–Kier alpha value is -2.02. The molecule has 1 heterocycles. The summed E-state index contributed by atoms with van der Waals surface area (Å²) in [6.07, 6.45) is 6.96. The number of nitrogens with zero attached hydrogens (tertiary/aromatic N) is 3. The number of nitro benzene ring substituents is 1. The Bertz CT molecular complexity index is 776. The van der Waals surface area contributed by atoms with Crippen LogP contribution in [-0.4, -0.2) is 21.2 Å². The molecule has 7 heteroatoms. The van der Waals surface area contributed by atoms with Gasteiger partial charge in [0.1, 0.15) is 5.01 Å². The Morgan fingerprint density at radius 1 is 1.00 bits per heavy atom. The summed E-state index contributed by atoms with van der Waals surface area (Å²) in [7, 11) is 0. The van der Waals surface area contributed by atoms with Crippen LogP contribution in [0.25, 0.3) is 10.6 Å². The molecule has 4 fully saturated rings. The van der Waals surface area contributed by atoms with E-state index in [9.17, 15) is 10.1 Å². The van der Waals surface area contributed by atoms with Gasteiger partial charge in [-0.3, -0.25) is 10.1 Å². The third-order valence-electron chi connectivity index (χ3n) is 6.27. The monoisotopic (exact) mass is 356 g/mol. The quantitative estimate of drug-likeness (QED) is 0.650. The SMILES string of the molecule is O=[N+]([O-])c1ccc(-c2nnc(NC3C4CC5CC(C4)CC3C5)s2)cc1. The summed E-state index contributed by atoms with van der Waals surface area (Å²) in [5.41, 5.74) is 0.974. The summed E-state index contributed by atoms with van der Waals surface area (Å²) in [6, 6.07) is 7.06. The van der Waals surface area contributed by atoms with Crippen molar-refractivity contribution in [1.29, 1.82) is 0 Å². The molecule has 0 saturated heterocycles. The zero-order chi connectivity index (χ0) is 17.0. The fourth-order valence-electron chi connectivity index (χ4n) is 5.43. The molecular formula is C18H20N4O2S. The van der Waals surface area contributed by atoms with E-state index in [1.54, 1.807) is 23.5 Å². The van der Waals surface area contributed by atoms with E-state index in [1.807, 2.05) is 0 Å². The molecule has 25 heavy (non-hydrogen) atoms. The van der Waals surface area contributed by atoms with E-state index in [0.29, 0.717) is 6.04 Å². The molecule has 0 aliphatic heterocycles. The van der Waals surface area contributed by atoms with Gasteiger partial charge in [0, 0.05) is 23.7 Å². The average molecular weight is 356 g/mol. The van der Waals surface area contributed by atoms with Gasteiger partial charge in [0.2, 0.25) is 5.13 Å². The zero-order valence-electron chi connectivity index (χ0n) is 13.8. The summed E-state index contributed by atoms with van der Waals surface area (Å²) in [4.78, 5) is 10.4. The molecule has 6 rings (SSSR count). The van der Waals surface area contributed by atoms with Gasteiger partial charge in [-0.1, -0.05) is 11.3 Å². The molecule has 0 radical (unpaired) electrons. The molecule has 4 bridgehead atoms. The lowest BCUT2D eigenvalue weighted by Gasteiger charge is -2.54. The van der Waals surface area contributed by atoms with Crippen LogP contribution >= 0.6 is 11.3 Å². The van der Waals surface area contributed by atoms with E-state index in [-0.39, 0.29) is 10.6 Å². The van der Waals surface area contributed by atoms with E-state index < -0.39 is 0 Å². The van der Waals surface area contributed by atoms with Crippen LogP contribution < -0.4 is 5.32 Å². The first kappa shape index (κ1) is 15.3. The number of benzene rings is 1. The Morgan fingerprint density at radius 2 is 1.64 bits per heavy atom. The summed E-state index contributed by atoms with van der Waals surface area (Å²) < 4.78 is 0.